The number of nitrogens with one attached hydrogen (secondary N) is 2. The number of carbonyl (C=O) groups is 1. The van der Waals surface area contributed by atoms with Crippen molar-refractivity contribution in [1.29, 1.82) is 0 Å². The third-order valence-electron chi connectivity index (χ3n) is 4.75. The molecule has 1 saturated carbocycles. The van der Waals surface area contributed by atoms with Crippen molar-refractivity contribution < 1.29 is 13.7 Å². The maximum Gasteiger partial charge on any atom is 0.250 e. The minimum absolute atomic E-state index is 0.0293. The second-order valence-electron chi connectivity index (χ2n) is 6.98. The van der Waals surface area contributed by atoms with E-state index >= 15 is 4.48 Å². The fourth-order valence-corrected chi connectivity index (χ4v) is 3.04. The third kappa shape index (κ3) is 4.00. The molecule has 0 aromatic carbocycles. The van der Waals surface area contributed by atoms with E-state index < -0.39 is 17.8 Å². The molecule has 3 aromatic rings. The van der Waals surface area contributed by atoms with E-state index in [0.717, 1.165) is 24.7 Å². The Morgan fingerprint density at radius 1 is 1.31 bits per heavy atom. The van der Waals surface area contributed by atoms with E-state index in [1.165, 1.54) is 24.5 Å². The van der Waals surface area contributed by atoms with Crippen LogP contribution in [0, 0.1) is 5.82 Å². The van der Waals surface area contributed by atoms with Crippen LogP contribution in [0.2, 0.25) is 0 Å². The number of hydrogen-bond acceptors (Lipinski definition) is 6. The Kier molecular flexibility index (Phi) is 4.83. The highest BCUT2D eigenvalue weighted by molar-refractivity contribution is 5.93. The monoisotopic (exact) mass is 399 g/mol. The lowest BCUT2D eigenvalue weighted by Crippen LogP contribution is -2.21. The van der Waals surface area contributed by atoms with Gasteiger partial charge in [-0.1, -0.05) is 4.48 Å². The standard InChI is InChI=1S/C19H19F2N7O/c1-10(28(21)14-4-12(19(22)29)7-23-9-14)18-16(5-13(20)8-24-18)25-17-6-15(26-27-17)11-2-3-11/h4-11H,2-3H2,1H3,(H2,22,29)(H2,25,26,27)/t10-/m0/s1. The van der Waals surface area contributed by atoms with E-state index in [1.807, 2.05) is 6.07 Å². The van der Waals surface area contributed by atoms with Gasteiger partial charge >= 0.3 is 0 Å². The fraction of sp³-hybridized carbons (Fsp3) is 0.263. The van der Waals surface area contributed by atoms with Gasteiger partial charge in [-0.2, -0.15) is 5.10 Å². The summed E-state index contributed by atoms with van der Waals surface area (Å²) >= 11 is 0. The normalized spacial score (nSPS) is 14.4. The molecule has 10 heteroatoms. The van der Waals surface area contributed by atoms with Crippen LogP contribution in [0.1, 0.15) is 53.5 Å². The number of amides is 1. The maximum absolute atomic E-state index is 15.1. The van der Waals surface area contributed by atoms with Crippen molar-refractivity contribution in [2.75, 3.05) is 10.4 Å². The lowest BCUT2D eigenvalue weighted by Gasteiger charge is -2.23. The highest BCUT2D eigenvalue weighted by Gasteiger charge is 2.26. The molecule has 4 rings (SSSR count). The Labute approximate surface area is 165 Å². The van der Waals surface area contributed by atoms with Crippen LogP contribution >= 0.6 is 0 Å². The van der Waals surface area contributed by atoms with Gasteiger partial charge < -0.3 is 11.1 Å². The predicted octanol–water partition coefficient (Wildman–Crippen LogP) is 3.51. The summed E-state index contributed by atoms with van der Waals surface area (Å²) in [7, 11) is 0. The Bertz CT molecular complexity index is 1050. The molecule has 1 aliphatic carbocycles. The van der Waals surface area contributed by atoms with Crippen molar-refractivity contribution in [2.45, 2.75) is 31.7 Å². The number of nitrogens with two attached hydrogens (primary N) is 1. The minimum atomic E-state index is -0.912. The van der Waals surface area contributed by atoms with E-state index in [-0.39, 0.29) is 22.6 Å². The summed E-state index contributed by atoms with van der Waals surface area (Å²) in [5.41, 5.74) is 6.89. The maximum atomic E-state index is 15.1. The first-order valence-electron chi connectivity index (χ1n) is 9.10. The van der Waals surface area contributed by atoms with E-state index in [0.29, 0.717) is 16.9 Å². The molecule has 1 amide bonds. The molecule has 1 atom stereocenters. The summed E-state index contributed by atoms with van der Waals surface area (Å²) in [6.45, 7) is 1.56. The molecule has 0 saturated heterocycles. The summed E-state index contributed by atoms with van der Waals surface area (Å²) in [5.74, 6) is -0.305. The van der Waals surface area contributed by atoms with Crippen molar-refractivity contribution >= 4 is 23.1 Å². The summed E-state index contributed by atoms with van der Waals surface area (Å²) < 4.78 is 28.9. The molecule has 29 heavy (non-hydrogen) atoms. The zero-order valence-corrected chi connectivity index (χ0v) is 15.6. The second-order valence-corrected chi connectivity index (χ2v) is 6.98. The topological polar surface area (TPSA) is 113 Å². The molecule has 1 fully saturated rings. The molecule has 3 heterocycles. The predicted molar refractivity (Wildman–Crippen MR) is 103 cm³/mol. The van der Waals surface area contributed by atoms with Gasteiger partial charge in [0.25, 0.3) is 0 Å². The van der Waals surface area contributed by atoms with Gasteiger partial charge in [0.15, 0.2) is 5.82 Å². The van der Waals surface area contributed by atoms with Gasteiger partial charge in [0.05, 0.1) is 35.0 Å². The molecule has 150 valence electrons. The number of aromatic nitrogens is 4. The molecule has 8 nitrogen and oxygen atoms in total. The highest BCUT2D eigenvalue weighted by Crippen LogP contribution is 2.40. The fourth-order valence-electron chi connectivity index (χ4n) is 3.04. The van der Waals surface area contributed by atoms with Crippen LogP contribution in [0.4, 0.5) is 26.1 Å². The number of anilines is 3. The first-order valence-corrected chi connectivity index (χ1v) is 9.10. The molecule has 4 N–H and O–H groups in total. The van der Waals surface area contributed by atoms with Gasteiger partial charge in [-0.3, -0.25) is 19.9 Å². The zero-order chi connectivity index (χ0) is 20.5. The van der Waals surface area contributed by atoms with Crippen LogP contribution in [0.3, 0.4) is 0 Å². The summed E-state index contributed by atoms with van der Waals surface area (Å²) in [5, 5.41) is 10.5. The van der Waals surface area contributed by atoms with E-state index in [1.54, 1.807) is 6.92 Å². The van der Waals surface area contributed by atoms with E-state index in [2.05, 4.69) is 25.5 Å². The van der Waals surface area contributed by atoms with Crippen molar-refractivity contribution in [2.24, 2.45) is 5.73 Å². The number of pyridine rings is 2. The van der Waals surface area contributed by atoms with Crippen molar-refractivity contribution in [1.82, 2.24) is 20.2 Å². The van der Waals surface area contributed by atoms with E-state index in [9.17, 15) is 9.18 Å². The number of primary amides is 1. The average molecular weight is 399 g/mol. The highest BCUT2D eigenvalue weighted by atomic mass is 19.2. The molecular formula is C19H19F2N7O. The molecule has 0 spiro atoms. The zero-order valence-electron chi connectivity index (χ0n) is 15.6. The van der Waals surface area contributed by atoms with E-state index in [4.69, 9.17) is 5.73 Å². The minimum Gasteiger partial charge on any atom is -0.366 e. The molecule has 0 unspecified atom stereocenters. The van der Waals surface area contributed by atoms with Gasteiger partial charge in [-0.15, -0.1) is 0 Å². The number of aromatic amines is 1. The molecule has 3 aromatic heterocycles. The van der Waals surface area contributed by atoms with Crippen LogP contribution < -0.4 is 16.2 Å². The third-order valence-corrected chi connectivity index (χ3v) is 4.75. The van der Waals surface area contributed by atoms with Crippen molar-refractivity contribution in [3.8, 4) is 0 Å². The van der Waals surface area contributed by atoms with Crippen LogP contribution in [0.25, 0.3) is 0 Å². The van der Waals surface area contributed by atoms with Gasteiger partial charge in [0, 0.05) is 29.9 Å². The number of nitrogens with zero attached hydrogens (tertiary/aromatic N) is 4. The quantitative estimate of drug-likeness (QED) is 0.524. The van der Waals surface area contributed by atoms with Crippen LogP contribution in [0.15, 0.2) is 36.8 Å². The first kappa shape index (κ1) is 18.8. The SMILES string of the molecule is C[C@@H](c1ncc(F)cc1Nc1cc(C2CC2)[nH]n1)N(F)c1cncc(C(N)=O)c1. The van der Waals surface area contributed by atoms with Crippen LogP contribution in [0.5, 0.6) is 0 Å². The lowest BCUT2D eigenvalue weighted by molar-refractivity contribution is 0.1000. The Balaban J connectivity index is 1.61. The smallest absolute Gasteiger partial charge is 0.250 e. The van der Waals surface area contributed by atoms with Crippen LogP contribution in [-0.4, -0.2) is 26.1 Å². The number of hydrogen-bond donors (Lipinski definition) is 3. The van der Waals surface area contributed by atoms with Gasteiger partial charge in [0.1, 0.15) is 11.9 Å². The summed E-state index contributed by atoms with van der Waals surface area (Å²) in [4.78, 5) is 19.2. The number of rotatable bonds is 7. The summed E-state index contributed by atoms with van der Waals surface area (Å²) in [6, 6.07) is 3.46. The molecule has 0 radical (unpaired) electrons. The molecule has 0 aliphatic heterocycles. The number of carbonyl (C=O) groups excluding carboxylic acids is 1. The largest absolute Gasteiger partial charge is 0.366 e. The Morgan fingerprint density at radius 2 is 2.10 bits per heavy atom. The lowest BCUT2D eigenvalue weighted by atomic mass is 10.1. The Morgan fingerprint density at radius 3 is 2.83 bits per heavy atom. The molecular weight excluding hydrogens is 380 g/mol. The first-order chi connectivity index (χ1) is 13.9. The van der Waals surface area contributed by atoms with Crippen LogP contribution in [-0.2, 0) is 0 Å². The second kappa shape index (κ2) is 7.46. The van der Waals surface area contributed by atoms with Gasteiger partial charge in [-0.25, -0.2) is 9.51 Å². The number of halogens is 2. The van der Waals surface area contributed by atoms with Crippen molar-refractivity contribution in [3.05, 3.63) is 59.6 Å². The average Bonchev–Trinajstić information content (AvgIpc) is 3.46. The van der Waals surface area contributed by atoms with Gasteiger partial charge in [-0.05, 0) is 25.8 Å². The number of H-pyrrole nitrogens is 1. The van der Waals surface area contributed by atoms with Crippen molar-refractivity contribution in [3.63, 3.8) is 0 Å². The Hall–Kier alpha value is -3.56. The molecule has 1 aliphatic rings. The summed E-state index contributed by atoms with van der Waals surface area (Å²) in [6.07, 6.45) is 5.75. The molecule has 0 bridgehead atoms. The van der Waals surface area contributed by atoms with Gasteiger partial charge in [0.2, 0.25) is 5.91 Å².